The molecule has 3 aliphatic rings. The maximum absolute atomic E-state index is 12.5. The van der Waals surface area contributed by atoms with E-state index in [-0.39, 0.29) is 5.92 Å². The largest absolute Gasteiger partial charge is 0.401 e. The van der Waals surface area contributed by atoms with Gasteiger partial charge >= 0.3 is 6.18 Å². The molecule has 1 unspecified atom stereocenters. The second-order valence-electron chi connectivity index (χ2n) is 8.43. The van der Waals surface area contributed by atoms with Crippen molar-refractivity contribution in [3.8, 4) is 0 Å². The van der Waals surface area contributed by atoms with Gasteiger partial charge in [-0.2, -0.15) is 13.2 Å². The summed E-state index contributed by atoms with van der Waals surface area (Å²) in [5, 5.41) is 3.40. The summed E-state index contributed by atoms with van der Waals surface area (Å²) in [6, 6.07) is 0. The summed E-state index contributed by atoms with van der Waals surface area (Å²) in [6.07, 6.45) is 4.68. The van der Waals surface area contributed by atoms with Crippen LogP contribution in [-0.4, -0.2) is 67.7 Å². The van der Waals surface area contributed by atoms with Crippen molar-refractivity contribution in [1.82, 2.24) is 15.1 Å². The zero-order chi connectivity index (χ0) is 18.6. The number of halogens is 3. The van der Waals surface area contributed by atoms with Gasteiger partial charge < -0.3 is 10.2 Å². The molecule has 3 rings (SSSR count). The van der Waals surface area contributed by atoms with Crippen LogP contribution in [0.2, 0.25) is 0 Å². The van der Waals surface area contributed by atoms with Crippen molar-refractivity contribution in [2.45, 2.75) is 58.0 Å². The molecule has 2 heterocycles. The maximum atomic E-state index is 12.5. The number of hydrogen-bond donors (Lipinski definition) is 1. The molecule has 1 saturated carbocycles. The minimum Gasteiger partial charge on any atom is -0.357 e. The SMILES string of the molecule is CCNC(=NCC1CCN(CC(F)(F)F)C1)N1CCC2(CCCCC2)C1. The number of nitrogens with one attached hydrogen (secondary N) is 1. The summed E-state index contributed by atoms with van der Waals surface area (Å²) in [5.41, 5.74) is 0.477. The van der Waals surface area contributed by atoms with Crippen molar-refractivity contribution in [3.05, 3.63) is 0 Å². The topological polar surface area (TPSA) is 30.9 Å². The van der Waals surface area contributed by atoms with Gasteiger partial charge in [0.25, 0.3) is 0 Å². The van der Waals surface area contributed by atoms with E-state index in [0.29, 0.717) is 25.0 Å². The molecule has 0 bridgehead atoms. The molecular weight excluding hydrogens is 341 g/mol. The molecule has 1 aliphatic carbocycles. The number of hydrogen-bond acceptors (Lipinski definition) is 2. The number of rotatable bonds is 4. The van der Waals surface area contributed by atoms with Crippen molar-refractivity contribution in [1.29, 1.82) is 0 Å². The van der Waals surface area contributed by atoms with E-state index in [1.807, 2.05) is 0 Å². The molecule has 150 valence electrons. The lowest BCUT2D eigenvalue weighted by Crippen LogP contribution is -2.42. The summed E-state index contributed by atoms with van der Waals surface area (Å²) in [4.78, 5) is 8.71. The first-order valence-electron chi connectivity index (χ1n) is 10.2. The molecular formula is C19H33F3N4. The van der Waals surface area contributed by atoms with Crippen LogP contribution in [0.4, 0.5) is 13.2 Å². The van der Waals surface area contributed by atoms with Gasteiger partial charge in [-0.25, -0.2) is 0 Å². The van der Waals surface area contributed by atoms with E-state index in [1.54, 1.807) is 0 Å². The standard InChI is InChI=1S/C19H33F3N4/c1-2-23-17(26-11-9-18(14-26)7-4-3-5-8-18)24-12-16-6-10-25(13-16)15-19(20,21)22/h16H,2-15H2,1H3,(H,23,24). The van der Waals surface area contributed by atoms with Crippen molar-refractivity contribution >= 4 is 5.96 Å². The molecule has 7 heteroatoms. The first kappa shape index (κ1) is 19.8. The van der Waals surface area contributed by atoms with Gasteiger partial charge in [0.05, 0.1) is 6.54 Å². The molecule has 1 spiro atoms. The number of alkyl halides is 3. The highest BCUT2D eigenvalue weighted by atomic mass is 19.4. The highest BCUT2D eigenvalue weighted by Gasteiger charge is 2.40. The Morgan fingerprint density at radius 1 is 1.15 bits per heavy atom. The van der Waals surface area contributed by atoms with Crippen molar-refractivity contribution in [2.24, 2.45) is 16.3 Å². The first-order valence-corrected chi connectivity index (χ1v) is 10.2. The summed E-state index contributed by atoms with van der Waals surface area (Å²) < 4.78 is 37.6. The van der Waals surface area contributed by atoms with Crippen LogP contribution >= 0.6 is 0 Å². The third kappa shape index (κ3) is 5.27. The van der Waals surface area contributed by atoms with E-state index in [2.05, 4.69) is 17.1 Å². The number of aliphatic imine (C=N–C) groups is 1. The minimum atomic E-state index is -4.10. The Morgan fingerprint density at radius 2 is 1.92 bits per heavy atom. The molecule has 1 N–H and O–H groups in total. The van der Waals surface area contributed by atoms with Crippen LogP contribution in [-0.2, 0) is 0 Å². The average molecular weight is 374 g/mol. The fraction of sp³-hybridized carbons (Fsp3) is 0.947. The van der Waals surface area contributed by atoms with Crippen LogP contribution in [0.1, 0.15) is 51.9 Å². The van der Waals surface area contributed by atoms with Crippen molar-refractivity contribution < 1.29 is 13.2 Å². The van der Waals surface area contributed by atoms with E-state index in [0.717, 1.165) is 32.0 Å². The Bertz CT molecular complexity index is 486. The second-order valence-corrected chi connectivity index (χ2v) is 8.43. The van der Waals surface area contributed by atoms with Crippen molar-refractivity contribution in [2.75, 3.05) is 45.8 Å². The monoisotopic (exact) mass is 374 g/mol. The highest BCUT2D eigenvalue weighted by Crippen LogP contribution is 2.43. The third-order valence-electron chi connectivity index (χ3n) is 6.26. The van der Waals surface area contributed by atoms with Gasteiger partial charge in [-0.3, -0.25) is 9.89 Å². The molecule has 0 aromatic carbocycles. The van der Waals surface area contributed by atoms with Gasteiger partial charge in [0.1, 0.15) is 0 Å². The van der Waals surface area contributed by atoms with E-state index < -0.39 is 12.7 Å². The summed E-state index contributed by atoms with van der Waals surface area (Å²) in [7, 11) is 0. The van der Waals surface area contributed by atoms with E-state index in [4.69, 9.17) is 4.99 Å². The smallest absolute Gasteiger partial charge is 0.357 e. The zero-order valence-corrected chi connectivity index (χ0v) is 16.0. The van der Waals surface area contributed by atoms with E-state index in [1.165, 1.54) is 43.4 Å². The van der Waals surface area contributed by atoms with Crippen LogP contribution in [0, 0.1) is 11.3 Å². The minimum absolute atomic E-state index is 0.234. The normalized spacial score (nSPS) is 27.5. The molecule has 0 amide bonds. The Balaban J connectivity index is 1.53. The summed E-state index contributed by atoms with van der Waals surface area (Å²) in [5.74, 6) is 1.20. The quantitative estimate of drug-likeness (QED) is 0.604. The van der Waals surface area contributed by atoms with Gasteiger partial charge in [0.2, 0.25) is 0 Å². The molecule has 0 radical (unpaired) electrons. The molecule has 0 aromatic rings. The average Bonchev–Trinajstić information content (AvgIpc) is 3.18. The maximum Gasteiger partial charge on any atom is 0.401 e. The van der Waals surface area contributed by atoms with Crippen molar-refractivity contribution in [3.63, 3.8) is 0 Å². The van der Waals surface area contributed by atoms with Crippen LogP contribution in [0.25, 0.3) is 0 Å². The molecule has 0 aromatic heterocycles. The lowest BCUT2D eigenvalue weighted by Gasteiger charge is -2.33. The molecule has 26 heavy (non-hydrogen) atoms. The lowest BCUT2D eigenvalue weighted by atomic mass is 9.73. The number of nitrogens with zero attached hydrogens (tertiary/aromatic N) is 3. The Hall–Kier alpha value is -0.980. The Kier molecular flexibility index (Phi) is 6.36. The van der Waals surface area contributed by atoms with E-state index in [9.17, 15) is 13.2 Å². The van der Waals surface area contributed by atoms with Gasteiger partial charge in [-0.15, -0.1) is 0 Å². The summed E-state index contributed by atoms with van der Waals surface area (Å²) in [6.45, 7) is 5.91. The van der Waals surface area contributed by atoms with Gasteiger partial charge in [0.15, 0.2) is 5.96 Å². The number of guanidine groups is 1. The van der Waals surface area contributed by atoms with Crippen LogP contribution < -0.4 is 5.32 Å². The lowest BCUT2D eigenvalue weighted by molar-refractivity contribution is -0.143. The third-order valence-corrected chi connectivity index (χ3v) is 6.26. The van der Waals surface area contributed by atoms with Crippen LogP contribution in [0.5, 0.6) is 0 Å². The Labute approximate surface area is 155 Å². The second kappa shape index (κ2) is 8.36. The highest BCUT2D eigenvalue weighted by molar-refractivity contribution is 5.80. The van der Waals surface area contributed by atoms with E-state index >= 15 is 0 Å². The first-order chi connectivity index (χ1) is 12.4. The van der Waals surface area contributed by atoms with Gasteiger partial charge in [-0.05, 0) is 50.5 Å². The predicted molar refractivity (Wildman–Crippen MR) is 98.3 cm³/mol. The molecule has 3 fully saturated rings. The Morgan fingerprint density at radius 3 is 2.62 bits per heavy atom. The summed E-state index contributed by atoms with van der Waals surface area (Å²) >= 11 is 0. The van der Waals surface area contributed by atoms with Crippen LogP contribution in [0.3, 0.4) is 0 Å². The van der Waals surface area contributed by atoms with Crippen LogP contribution in [0.15, 0.2) is 4.99 Å². The predicted octanol–water partition coefficient (Wildman–Crippen LogP) is 3.49. The molecule has 4 nitrogen and oxygen atoms in total. The molecule has 2 aliphatic heterocycles. The van der Waals surface area contributed by atoms with Gasteiger partial charge in [0, 0.05) is 32.7 Å². The molecule has 2 saturated heterocycles. The number of likely N-dealkylation sites (tertiary alicyclic amines) is 2. The fourth-order valence-electron chi connectivity index (χ4n) is 4.93. The zero-order valence-electron chi connectivity index (χ0n) is 16.0. The molecule has 1 atom stereocenters. The fourth-order valence-corrected chi connectivity index (χ4v) is 4.93. The van der Waals surface area contributed by atoms with Gasteiger partial charge in [-0.1, -0.05) is 19.3 Å².